The Morgan fingerprint density at radius 2 is 2.20 bits per heavy atom. The molecule has 0 bridgehead atoms. The zero-order chi connectivity index (χ0) is 8.20. The summed E-state index contributed by atoms with van der Waals surface area (Å²) < 4.78 is 26.6. The highest BCUT2D eigenvalue weighted by Crippen LogP contribution is 2.29. The Hall–Kier alpha value is -0.440. The van der Waals surface area contributed by atoms with E-state index in [2.05, 4.69) is 9.37 Å². The molecule has 0 saturated carbocycles. The van der Waals surface area contributed by atoms with Crippen LogP contribution in [0.15, 0.2) is 0 Å². The zero-order valence-electron chi connectivity index (χ0n) is 4.24. The highest BCUT2D eigenvalue weighted by atomic mass is 32.2. The van der Waals surface area contributed by atoms with Crippen molar-refractivity contribution in [1.29, 1.82) is 0 Å². The maximum Gasteiger partial charge on any atom is 0.415 e. The lowest BCUT2D eigenvalue weighted by Gasteiger charge is -2.09. The van der Waals surface area contributed by atoms with Crippen LogP contribution < -0.4 is 5.26 Å². The summed E-state index contributed by atoms with van der Waals surface area (Å²) in [6.07, 6.45) is 0. The first kappa shape index (κ1) is 9.56. The third-order valence-corrected chi connectivity index (χ3v) is 0.923. The van der Waals surface area contributed by atoms with Crippen LogP contribution in [0.5, 0.6) is 0 Å². The molecule has 0 aromatic heterocycles. The van der Waals surface area contributed by atoms with Gasteiger partial charge < -0.3 is 10.4 Å². The average Bonchev–Trinajstić information content (AvgIpc) is 1.84. The van der Waals surface area contributed by atoms with Crippen molar-refractivity contribution in [1.82, 2.24) is 0 Å². The smallest absolute Gasteiger partial charge is 0.415 e. The fourth-order valence-electron chi connectivity index (χ4n) is 0.0923. The lowest BCUT2D eigenvalue weighted by molar-refractivity contribution is -0.777. The minimum atomic E-state index is -4.16. The molecule has 0 aromatic carbocycles. The van der Waals surface area contributed by atoms with E-state index in [-0.39, 0.29) is 0 Å². The van der Waals surface area contributed by atoms with E-state index in [1.54, 1.807) is 0 Å². The monoisotopic (exact) mass is 175 g/mol. The van der Waals surface area contributed by atoms with Crippen LogP contribution in [0.3, 0.4) is 0 Å². The maximum atomic E-state index is 11.8. The SMILES string of the molecule is O=C(O)C(F)(F)SOO[O-]. The van der Waals surface area contributed by atoms with E-state index in [0.29, 0.717) is 0 Å². The van der Waals surface area contributed by atoms with Crippen molar-refractivity contribution in [3.63, 3.8) is 0 Å². The van der Waals surface area contributed by atoms with E-state index in [1.807, 2.05) is 0 Å². The third kappa shape index (κ3) is 2.92. The lowest BCUT2D eigenvalue weighted by atomic mass is 10.7. The quantitative estimate of drug-likeness (QED) is 0.353. The van der Waals surface area contributed by atoms with Crippen LogP contribution in [0.25, 0.3) is 0 Å². The second-order valence-electron chi connectivity index (χ2n) is 1.04. The molecule has 0 aliphatic rings. The van der Waals surface area contributed by atoms with E-state index < -0.39 is 23.3 Å². The molecule has 0 fully saturated rings. The van der Waals surface area contributed by atoms with Crippen molar-refractivity contribution < 1.29 is 33.3 Å². The molecule has 0 aliphatic heterocycles. The number of carbonyl (C=O) groups is 1. The van der Waals surface area contributed by atoms with Crippen LogP contribution in [0.1, 0.15) is 0 Å². The second-order valence-corrected chi connectivity index (χ2v) is 1.86. The Balaban J connectivity index is 3.75. The Labute approximate surface area is 57.6 Å². The Morgan fingerprint density at radius 1 is 1.70 bits per heavy atom. The first-order chi connectivity index (χ1) is 4.50. The number of carboxylic acid groups (broad SMARTS) is 1. The van der Waals surface area contributed by atoms with Crippen LogP contribution in [0.2, 0.25) is 0 Å². The Kier molecular flexibility index (Phi) is 3.50. The van der Waals surface area contributed by atoms with Gasteiger partial charge in [-0.2, -0.15) is 13.1 Å². The summed E-state index contributed by atoms with van der Waals surface area (Å²) in [4.78, 5) is 9.52. The van der Waals surface area contributed by atoms with Gasteiger partial charge in [-0.05, 0) is 0 Å². The molecule has 0 atom stereocenters. The average molecular weight is 175 g/mol. The summed E-state index contributed by atoms with van der Waals surface area (Å²) in [7, 11) is 0. The van der Waals surface area contributed by atoms with Gasteiger partial charge in [0, 0.05) is 0 Å². The van der Waals surface area contributed by atoms with Crippen LogP contribution in [-0.4, -0.2) is 16.3 Å². The maximum absolute atomic E-state index is 11.8. The molecule has 5 nitrogen and oxygen atoms in total. The Morgan fingerprint density at radius 3 is 2.50 bits per heavy atom. The predicted octanol–water partition coefficient (Wildman–Crippen LogP) is -0.465. The molecule has 8 heteroatoms. The Bertz CT molecular complexity index is 127. The minimum absolute atomic E-state index is 0.881. The van der Waals surface area contributed by atoms with Gasteiger partial charge >= 0.3 is 11.2 Å². The van der Waals surface area contributed by atoms with E-state index in [4.69, 9.17) is 10.4 Å². The fraction of sp³-hybridized carbons (Fsp3) is 0.500. The van der Waals surface area contributed by atoms with Gasteiger partial charge in [-0.25, -0.2) is 4.79 Å². The highest BCUT2D eigenvalue weighted by molar-refractivity contribution is 7.96. The molecule has 0 spiro atoms. The third-order valence-electron chi connectivity index (χ3n) is 0.415. The summed E-state index contributed by atoms with van der Waals surface area (Å²) in [5, 5.41) is 14.9. The first-order valence-corrected chi connectivity index (χ1v) is 2.50. The molecule has 60 valence electrons. The van der Waals surface area contributed by atoms with Gasteiger partial charge in [0.15, 0.2) is 0 Å². The first-order valence-electron chi connectivity index (χ1n) is 1.76. The lowest BCUT2D eigenvalue weighted by Crippen LogP contribution is -2.24. The van der Waals surface area contributed by atoms with E-state index >= 15 is 0 Å². The number of alkyl halides is 2. The van der Waals surface area contributed by atoms with Crippen molar-refractivity contribution in [3.8, 4) is 0 Å². The molecule has 1 N–H and O–H groups in total. The number of halogens is 2. The van der Waals surface area contributed by atoms with Crippen LogP contribution in [0.4, 0.5) is 8.78 Å². The summed E-state index contributed by atoms with van der Waals surface area (Å²) in [5.41, 5.74) is 0. The number of hydrogen-bond donors (Lipinski definition) is 1. The normalized spacial score (nSPS) is 11.5. The molecule has 0 aromatic rings. The molecule has 0 aliphatic carbocycles. The minimum Gasteiger partial charge on any atom is -0.691 e. The molecule has 0 saturated heterocycles. The fourth-order valence-corrected chi connectivity index (χ4v) is 0.277. The highest BCUT2D eigenvalue weighted by Gasteiger charge is 2.41. The number of aliphatic carboxylic acids is 1. The molecule has 0 amide bonds. The number of carboxylic acids is 1. The zero-order valence-corrected chi connectivity index (χ0v) is 5.06. The van der Waals surface area contributed by atoms with Crippen molar-refractivity contribution in [3.05, 3.63) is 0 Å². The standard InChI is InChI=1S/C2H2F2O5S/c3-2(4,1(5)6)10-9-8-7/h7H,(H,5,6)/p-1. The summed E-state index contributed by atoms with van der Waals surface area (Å²) in [6, 6.07) is 0. The van der Waals surface area contributed by atoms with E-state index in [1.165, 1.54) is 0 Å². The molecule has 10 heavy (non-hydrogen) atoms. The summed E-state index contributed by atoms with van der Waals surface area (Å²) in [5.74, 6) is -2.41. The van der Waals surface area contributed by atoms with Gasteiger partial charge in [-0.15, -0.1) is 0 Å². The van der Waals surface area contributed by atoms with E-state index in [0.717, 1.165) is 0 Å². The second kappa shape index (κ2) is 3.66. The molecule has 0 rings (SSSR count). The molecule has 0 unspecified atom stereocenters. The van der Waals surface area contributed by atoms with Gasteiger partial charge in [-0.1, -0.05) is 0 Å². The van der Waals surface area contributed by atoms with Gasteiger partial charge in [-0.3, -0.25) is 5.04 Å². The van der Waals surface area contributed by atoms with Crippen LogP contribution in [-0.2, 0) is 14.2 Å². The number of rotatable bonds is 4. The van der Waals surface area contributed by atoms with Gasteiger partial charge in [0.05, 0.1) is 0 Å². The van der Waals surface area contributed by atoms with Crippen molar-refractivity contribution in [2.75, 3.05) is 0 Å². The largest absolute Gasteiger partial charge is 0.691 e. The van der Waals surface area contributed by atoms with Crippen LogP contribution >= 0.6 is 12.0 Å². The van der Waals surface area contributed by atoms with Crippen molar-refractivity contribution >= 4 is 18.0 Å². The van der Waals surface area contributed by atoms with Gasteiger partial charge in [0.25, 0.3) is 0 Å². The van der Waals surface area contributed by atoms with Crippen LogP contribution in [0, 0.1) is 0 Å². The molecular formula is C2HF2O5S-. The molecule has 0 radical (unpaired) electrons. The number of hydrogen-bond acceptors (Lipinski definition) is 5. The predicted molar refractivity (Wildman–Crippen MR) is 22.3 cm³/mol. The van der Waals surface area contributed by atoms with Crippen molar-refractivity contribution in [2.24, 2.45) is 0 Å². The van der Waals surface area contributed by atoms with Crippen molar-refractivity contribution in [2.45, 2.75) is 5.25 Å². The van der Waals surface area contributed by atoms with Gasteiger partial charge in [0.1, 0.15) is 12.0 Å². The summed E-state index contributed by atoms with van der Waals surface area (Å²) in [6.45, 7) is 0. The molecule has 0 heterocycles. The topological polar surface area (TPSA) is 78.8 Å². The molecular weight excluding hydrogens is 174 g/mol. The van der Waals surface area contributed by atoms with E-state index in [9.17, 15) is 13.6 Å². The summed E-state index contributed by atoms with van der Waals surface area (Å²) >= 11 is -0.881. The van der Waals surface area contributed by atoms with Gasteiger partial charge in [0.2, 0.25) is 0 Å².